The molecule has 0 bridgehead atoms. The molecule has 3 rings (SSSR count). The third kappa shape index (κ3) is 7.69. The van der Waals surface area contributed by atoms with Gasteiger partial charge in [0.2, 0.25) is 23.6 Å². The zero-order valence-corrected chi connectivity index (χ0v) is 19.3. The van der Waals surface area contributed by atoms with E-state index in [9.17, 15) is 19.2 Å². The number of ether oxygens (including phenoxy) is 1. The zero-order valence-electron chi connectivity index (χ0n) is 19.3. The fourth-order valence-corrected chi connectivity index (χ4v) is 3.43. The molecule has 1 atom stereocenters. The van der Waals surface area contributed by atoms with Crippen molar-refractivity contribution >= 4 is 40.8 Å². The molecule has 0 saturated carbocycles. The van der Waals surface area contributed by atoms with E-state index < -0.39 is 5.91 Å². The number of aryl methyl sites for hydroxylation is 1. The molecule has 11 heteroatoms. The fraction of sp³-hybridized carbons (Fsp3) is 0.435. The van der Waals surface area contributed by atoms with Crippen molar-refractivity contribution in [1.29, 1.82) is 0 Å². The van der Waals surface area contributed by atoms with Crippen LogP contribution in [0.25, 0.3) is 0 Å². The molecule has 4 amide bonds. The summed E-state index contributed by atoms with van der Waals surface area (Å²) in [5, 5.41) is 12.0. The Morgan fingerprint density at radius 2 is 1.76 bits per heavy atom. The molecule has 0 spiro atoms. The smallest absolute Gasteiger partial charge is 0.240 e. The van der Waals surface area contributed by atoms with Gasteiger partial charge in [-0.1, -0.05) is 5.16 Å². The van der Waals surface area contributed by atoms with E-state index in [0.717, 1.165) is 12.8 Å². The van der Waals surface area contributed by atoms with E-state index in [4.69, 9.17) is 9.26 Å². The SMILES string of the molecule is CC(=O)Nc1ccc(NC(=O)CCC(=O)N(CC(=O)NC[C@@H]2CCCO2)c2cc(C)on2)cc1. The van der Waals surface area contributed by atoms with Gasteiger partial charge in [-0.2, -0.15) is 0 Å². The van der Waals surface area contributed by atoms with Gasteiger partial charge in [-0.25, -0.2) is 0 Å². The minimum atomic E-state index is -0.434. The molecule has 182 valence electrons. The molecule has 1 aliphatic heterocycles. The molecule has 1 fully saturated rings. The van der Waals surface area contributed by atoms with Crippen molar-refractivity contribution in [2.24, 2.45) is 0 Å². The zero-order chi connectivity index (χ0) is 24.5. The first-order valence-electron chi connectivity index (χ1n) is 11.1. The molecule has 1 aliphatic rings. The molecule has 0 unspecified atom stereocenters. The first-order valence-corrected chi connectivity index (χ1v) is 11.1. The largest absolute Gasteiger partial charge is 0.376 e. The van der Waals surface area contributed by atoms with Crippen molar-refractivity contribution in [1.82, 2.24) is 10.5 Å². The van der Waals surface area contributed by atoms with Crippen LogP contribution in [0.15, 0.2) is 34.9 Å². The summed E-state index contributed by atoms with van der Waals surface area (Å²) in [6.07, 6.45) is 1.62. The summed E-state index contributed by atoms with van der Waals surface area (Å²) in [5.41, 5.74) is 1.14. The summed E-state index contributed by atoms with van der Waals surface area (Å²) in [5.74, 6) is -0.635. The van der Waals surface area contributed by atoms with Crippen molar-refractivity contribution in [3.63, 3.8) is 0 Å². The normalized spacial score (nSPS) is 14.9. The van der Waals surface area contributed by atoms with Gasteiger partial charge in [0.15, 0.2) is 5.82 Å². The number of anilines is 3. The summed E-state index contributed by atoms with van der Waals surface area (Å²) in [6, 6.07) is 8.17. The van der Waals surface area contributed by atoms with Gasteiger partial charge in [0.1, 0.15) is 12.3 Å². The van der Waals surface area contributed by atoms with Gasteiger partial charge in [-0.05, 0) is 44.0 Å². The maximum atomic E-state index is 12.9. The highest BCUT2D eigenvalue weighted by molar-refractivity contribution is 6.00. The van der Waals surface area contributed by atoms with E-state index in [1.807, 2.05) is 0 Å². The third-order valence-electron chi connectivity index (χ3n) is 5.10. The number of nitrogens with one attached hydrogen (secondary N) is 3. The Bertz CT molecular complexity index is 1010. The summed E-state index contributed by atoms with van der Waals surface area (Å²) in [4.78, 5) is 49.9. The van der Waals surface area contributed by atoms with Crippen LogP contribution in [0.3, 0.4) is 0 Å². The number of hydrogen-bond acceptors (Lipinski definition) is 7. The maximum Gasteiger partial charge on any atom is 0.240 e. The van der Waals surface area contributed by atoms with E-state index in [-0.39, 0.29) is 49.0 Å². The van der Waals surface area contributed by atoms with Gasteiger partial charge in [0.25, 0.3) is 0 Å². The first kappa shape index (κ1) is 24.9. The molecule has 2 heterocycles. The number of nitrogens with zero attached hydrogens (tertiary/aromatic N) is 2. The fourth-order valence-electron chi connectivity index (χ4n) is 3.43. The summed E-state index contributed by atoms with van der Waals surface area (Å²) < 4.78 is 10.6. The van der Waals surface area contributed by atoms with E-state index >= 15 is 0 Å². The highest BCUT2D eigenvalue weighted by Gasteiger charge is 2.24. The maximum absolute atomic E-state index is 12.9. The Balaban J connectivity index is 1.53. The van der Waals surface area contributed by atoms with Gasteiger partial charge in [0, 0.05) is 50.4 Å². The number of benzene rings is 1. The van der Waals surface area contributed by atoms with Gasteiger partial charge in [-0.3, -0.25) is 24.1 Å². The molecule has 0 radical (unpaired) electrons. The predicted molar refractivity (Wildman–Crippen MR) is 124 cm³/mol. The van der Waals surface area contributed by atoms with Crippen LogP contribution >= 0.6 is 0 Å². The minimum Gasteiger partial charge on any atom is -0.376 e. The predicted octanol–water partition coefficient (Wildman–Crippen LogP) is 1.99. The molecular formula is C23H29N5O6. The average Bonchev–Trinajstić information content (AvgIpc) is 3.47. The number of aromatic nitrogens is 1. The van der Waals surface area contributed by atoms with E-state index in [2.05, 4.69) is 21.1 Å². The van der Waals surface area contributed by atoms with Crippen LogP contribution in [-0.2, 0) is 23.9 Å². The van der Waals surface area contributed by atoms with Crippen molar-refractivity contribution < 1.29 is 28.4 Å². The lowest BCUT2D eigenvalue weighted by molar-refractivity contribution is -0.125. The lowest BCUT2D eigenvalue weighted by Crippen LogP contribution is -2.43. The van der Waals surface area contributed by atoms with E-state index in [1.54, 1.807) is 37.3 Å². The van der Waals surface area contributed by atoms with Crippen LogP contribution in [0.2, 0.25) is 0 Å². The van der Waals surface area contributed by atoms with Crippen LogP contribution in [0.4, 0.5) is 17.2 Å². The molecule has 3 N–H and O–H groups in total. The Morgan fingerprint density at radius 1 is 1.06 bits per heavy atom. The van der Waals surface area contributed by atoms with Crippen LogP contribution in [-0.4, -0.2) is 54.6 Å². The second-order valence-electron chi connectivity index (χ2n) is 8.02. The highest BCUT2D eigenvalue weighted by atomic mass is 16.5. The van der Waals surface area contributed by atoms with Crippen LogP contribution in [0, 0.1) is 6.92 Å². The topological polar surface area (TPSA) is 143 Å². The first-order chi connectivity index (χ1) is 16.3. The van der Waals surface area contributed by atoms with Crippen LogP contribution in [0.1, 0.15) is 38.4 Å². The summed E-state index contributed by atoms with van der Waals surface area (Å²) >= 11 is 0. The monoisotopic (exact) mass is 471 g/mol. The van der Waals surface area contributed by atoms with Crippen LogP contribution in [0.5, 0.6) is 0 Å². The number of rotatable bonds is 10. The van der Waals surface area contributed by atoms with Gasteiger partial charge in [0.05, 0.1) is 6.10 Å². The van der Waals surface area contributed by atoms with E-state index in [1.165, 1.54) is 11.8 Å². The Morgan fingerprint density at radius 3 is 2.35 bits per heavy atom. The van der Waals surface area contributed by atoms with Gasteiger partial charge in [-0.15, -0.1) is 0 Å². The molecule has 0 aliphatic carbocycles. The number of amides is 4. The van der Waals surface area contributed by atoms with Gasteiger partial charge < -0.3 is 25.2 Å². The summed E-state index contributed by atoms with van der Waals surface area (Å²) in [7, 11) is 0. The lowest BCUT2D eigenvalue weighted by Gasteiger charge is -2.20. The molecule has 1 saturated heterocycles. The molecule has 2 aromatic rings. The minimum absolute atomic E-state index is 0.0154. The molecule has 1 aromatic carbocycles. The molecule has 34 heavy (non-hydrogen) atoms. The van der Waals surface area contributed by atoms with Crippen molar-refractivity contribution in [3.05, 3.63) is 36.1 Å². The Labute approximate surface area is 197 Å². The van der Waals surface area contributed by atoms with Gasteiger partial charge >= 0.3 is 0 Å². The standard InChI is InChI=1S/C23H29N5O6/c1-15-12-20(27-34-15)28(14-22(31)24-13-19-4-3-11-33-19)23(32)10-9-21(30)26-18-7-5-17(6-8-18)25-16(2)29/h5-8,12,19H,3-4,9-11,13-14H2,1-2H3,(H,24,31)(H,25,29)(H,26,30)/t19-/m0/s1. The van der Waals surface area contributed by atoms with Crippen molar-refractivity contribution in [2.75, 3.05) is 35.2 Å². The lowest BCUT2D eigenvalue weighted by atomic mass is 10.2. The highest BCUT2D eigenvalue weighted by Crippen LogP contribution is 2.17. The van der Waals surface area contributed by atoms with Crippen molar-refractivity contribution in [2.45, 2.75) is 45.6 Å². The summed E-state index contributed by atoms with van der Waals surface area (Å²) in [6.45, 7) is 3.90. The number of hydrogen-bond donors (Lipinski definition) is 3. The Hall–Kier alpha value is -3.73. The Kier molecular flexibility index (Phi) is 8.74. The third-order valence-corrected chi connectivity index (χ3v) is 5.10. The number of carbonyl (C=O) groups is 4. The quantitative estimate of drug-likeness (QED) is 0.481. The molecular weight excluding hydrogens is 442 g/mol. The van der Waals surface area contributed by atoms with Crippen molar-refractivity contribution in [3.8, 4) is 0 Å². The van der Waals surface area contributed by atoms with E-state index in [0.29, 0.717) is 30.3 Å². The second-order valence-corrected chi connectivity index (χ2v) is 8.02. The second kappa shape index (κ2) is 11.9. The number of carbonyl (C=O) groups excluding carboxylic acids is 4. The molecule has 1 aromatic heterocycles. The molecule has 11 nitrogen and oxygen atoms in total. The average molecular weight is 472 g/mol. The van der Waals surface area contributed by atoms with Crippen LogP contribution < -0.4 is 20.9 Å².